The molecule has 94 valence electrons. The minimum absolute atomic E-state index is 0.0539. The lowest BCUT2D eigenvalue weighted by molar-refractivity contribution is 0.600. The average Bonchev–Trinajstić information content (AvgIpc) is 2.15. The summed E-state index contributed by atoms with van der Waals surface area (Å²) in [6, 6.07) is 5.12. The van der Waals surface area contributed by atoms with Gasteiger partial charge in [-0.3, -0.25) is 10.1 Å². The van der Waals surface area contributed by atoms with Gasteiger partial charge in [0.25, 0.3) is 0 Å². The van der Waals surface area contributed by atoms with Crippen LogP contribution in [0.25, 0.3) is 0 Å². The number of amidine groups is 1. The molecule has 0 amide bonds. The molecule has 0 saturated heterocycles. The molecular formula is C11H17N3O2S. The molecule has 0 unspecified atom stereocenters. The molecule has 0 bridgehead atoms. The molecule has 0 heterocycles. The van der Waals surface area contributed by atoms with Gasteiger partial charge >= 0.3 is 0 Å². The summed E-state index contributed by atoms with van der Waals surface area (Å²) in [4.78, 5) is 0. The molecule has 17 heavy (non-hydrogen) atoms. The van der Waals surface area contributed by atoms with Crippen LogP contribution in [0, 0.1) is 12.3 Å². The molecule has 0 aliphatic rings. The Labute approximate surface area is 102 Å². The standard InChI is InChI=1S/C11H17N3O2S/c1-3-7-17(15,16)14-9-6-4-5-8(2)10(9)11(12)13/h4-6,14H,3,7H2,1-2H3,(H3,12,13). The van der Waals surface area contributed by atoms with Crippen molar-refractivity contribution in [2.45, 2.75) is 20.3 Å². The highest BCUT2D eigenvalue weighted by Crippen LogP contribution is 2.20. The zero-order chi connectivity index (χ0) is 13.1. The molecule has 1 aromatic carbocycles. The summed E-state index contributed by atoms with van der Waals surface area (Å²) in [6.45, 7) is 3.58. The van der Waals surface area contributed by atoms with Crippen molar-refractivity contribution in [3.05, 3.63) is 29.3 Å². The first-order valence-electron chi connectivity index (χ1n) is 5.32. The fourth-order valence-electron chi connectivity index (χ4n) is 1.60. The van der Waals surface area contributed by atoms with E-state index < -0.39 is 10.0 Å². The van der Waals surface area contributed by atoms with E-state index in [1.54, 1.807) is 32.0 Å². The van der Waals surface area contributed by atoms with Crippen LogP contribution in [0.4, 0.5) is 5.69 Å². The van der Waals surface area contributed by atoms with Crippen molar-refractivity contribution < 1.29 is 8.42 Å². The Kier molecular flexibility index (Phi) is 4.11. The van der Waals surface area contributed by atoms with E-state index >= 15 is 0 Å². The first-order chi connectivity index (χ1) is 7.87. The van der Waals surface area contributed by atoms with Crippen LogP contribution < -0.4 is 10.5 Å². The fraction of sp³-hybridized carbons (Fsp3) is 0.364. The second kappa shape index (κ2) is 5.18. The van der Waals surface area contributed by atoms with E-state index in [1.165, 1.54) is 0 Å². The molecule has 0 aromatic heterocycles. The lowest BCUT2D eigenvalue weighted by Crippen LogP contribution is -2.21. The summed E-state index contributed by atoms with van der Waals surface area (Å²) < 4.78 is 25.8. The Morgan fingerprint density at radius 2 is 2.12 bits per heavy atom. The molecule has 4 N–H and O–H groups in total. The molecule has 0 atom stereocenters. The maximum Gasteiger partial charge on any atom is 0.232 e. The van der Waals surface area contributed by atoms with E-state index in [2.05, 4.69) is 4.72 Å². The summed E-state index contributed by atoms with van der Waals surface area (Å²) in [6.07, 6.45) is 0.538. The van der Waals surface area contributed by atoms with Crippen molar-refractivity contribution in [1.82, 2.24) is 0 Å². The minimum Gasteiger partial charge on any atom is -0.384 e. The Bertz CT molecular complexity index is 524. The first-order valence-corrected chi connectivity index (χ1v) is 6.97. The van der Waals surface area contributed by atoms with E-state index in [9.17, 15) is 8.42 Å². The lowest BCUT2D eigenvalue weighted by atomic mass is 10.1. The smallest absolute Gasteiger partial charge is 0.232 e. The topological polar surface area (TPSA) is 96.0 Å². The van der Waals surface area contributed by atoms with Crippen LogP contribution in [0.1, 0.15) is 24.5 Å². The van der Waals surface area contributed by atoms with E-state index in [0.29, 0.717) is 17.7 Å². The number of hydrogen-bond donors (Lipinski definition) is 3. The van der Waals surface area contributed by atoms with Crippen molar-refractivity contribution in [2.75, 3.05) is 10.5 Å². The van der Waals surface area contributed by atoms with Gasteiger partial charge in [0.05, 0.1) is 11.4 Å². The molecule has 1 rings (SSSR count). The largest absolute Gasteiger partial charge is 0.384 e. The van der Waals surface area contributed by atoms with Crippen LogP contribution in [0.15, 0.2) is 18.2 Å². The molecule has 0 aliphatic heterocycles. The third kappa shape index (κ3) is 3.45. The van der Waals surface area contributed by atoms with Gasteiger partial charge in [-0.05, 0) is 25.0 Å². The number of aryl methyl sites for hydroxylation is 1. The number of nitrogens with two attached hydrogens (primary N) is 1. The molecule has 0 radical (unpaired) electrons. The van der Waals surface area contributed by atoms with Crippen LogP contribution in [0.2, 0.25) is 0 Å². The van der Waals surface area contributed by atoms with Crippen molar-refractivity contribution in [1.29, 1.82) is 5.41 Å². The SMILES string of the molecule is CCCS(=O)(=O)Nc1cccc(C)c1C(=N)N. The zero-order valence-corrected chi connectivity index (χ0v) is 10.8. The molecule has 0 saturated carbocycles. The maximum atomic E-state index is 11.7. The van der Waals surface area contributed by atoms with Gasteiger partial charge in [-0.15, -0.1) is 0 Å². The second-order valence-corrected chi connectivity index (χ2v) is 5.67. The summed E-state index contributed by atoms with van der Waals surface area (Å²) in [5.74, 6) is -0.0875. The summed E-state index contributed by atoms with van der Waals surface area (Å²) in [5, 5.41) is 7.47. The summed E-state index contributed by atoms with van der Waals surface area (Å²) >= 11 is 0. The van der Waals surface area contributed by atoms with E-state index in [1.807, 2.05) is 0 Å². The van der Waals surface area contributed by atoms with Crippen LogP contribution in [-0.4, -0.2) is 20.0 Å². The molecule has 0 fully saturated rings. The number of hydrogen-bond acceptors (Lipinski definition) is 3. The predicted octanol–water partition coefficient (Wildman–Crippen LogP) is 1.43. The minimum atomic E-state index is -3.36. The van der Waals surface area contributed by atoms with Crippen LogP contribution >= 0.6 is 0 Å². The van der Waals surface area contributed by atoms with Crippen molar-refractivity contribution in [2.24, 2.45) is 5.73 Å². The van der Waals surface area contributed by atoms with E-state index in [4.69, 9.17) is 11.1 Å². The zero-order valence-electron chi connectivity index (χ0n) is 9.95. The molecule has 1 aromatic rings. The molecular weight excluding hydrogens is 238 g/mol. The predicted molar refractivity (Wildman–Crippen MR) is 69.9 cm³/mol. The number of nitrogens with one attached hydrogen (secondary N) is 2. The molecule has 0 aliphatic carbocycles. The number of benzene rings is 1. The number of anilines is 1. The van der Waals surface area contributed by atoms with Crippen molar-refractivity contribution in [3.8, 4) is 0 Å². The summed E-state index contributed by atoms with van der Waals surface area (Å²) in [7, 11) is -3.36. The third-order valence-corrected chi connectivity index (χ3v) is 3.76. The molecule has 0 spiro atoms. The Morgan fingerprint density at radius 3 is 2.65 bits per heavy atom. The van der Waals surface area contributed by atoms with Gasteiger partial charge < -0.3 is 5.73 Å². The van der Waals surface area contributed by atoms with Gasteiger partial charge in [0, 0.05) is 5.56 Å². The van der Waals surface area contributed by atoms with Gasteiger partial charge in [-0.25, -0.2) is 8.42 Å². The highest BCUT2D eigenvalue weighted by molar-refractivity contribution is 7.92. The number of sulfonamides is 1. The van der Waals surface area contributed by atoms with Gasteiger partial charge in [0.1, 0.15) is 5.84 Å². The summed E-state index contributed by atoms with van der Waals surface area (Å²) in [5.41, 5.74) is 7.03. The number of rotatable bonds is 5. The van der Waals surface area contributed by atoms with Crippen LogP contribution in [-0.2, 0) is 10.0 Å². The second-order valence-electron chi connectivity index (χ2n) is 3.83. The van der Waals surface area contributed by atoms with E-state index in [-0.39, 0.29) is 11.6 Å². The van der Waals surface area contributed by atoms with Crippen molar-refractivity contribution in [3.63, 3.8) is 0 Å². The highest BCUT2D eigenvalue weighted by atomic mass is 32.2. The Hall–Kier alpha value is -1.56. The average molecular weight is 255 g/mol. The normalized spacial score (nSPS) is 11.2. The van der Waals surface area contributed by atoms with Gasteiger partial charge in [-0.2, -0.15) is 0 Å². The van der Waals surface area contributed by atoms with Crippen LogP contribution in [0.5, 0.6) is 0 Å². The molecule has 6 heteroatoms. The highest BCUT2D eigenvalue weighted by Gasteiger charge is 2.14. The first kappa shape index (κ1) is 13.5. The van der Waals surface area contributed by atoms with Gasteiger partial charge in [0.15, 0.2) is 0 Å². The molecule has 5 nitrogen and oxygen atoms in total. The number of nitrogen functional groups attached to an aromatic ring is 1. The Balaban J connectivity index is 3.16. The fourth-order valence-corrected chi connectivity index (χ4v) is 2.74. The van der Waals surface area contributed by atoms with Crippen molar-refractivity contribution >= 4 is 21.5 Å². The van der Waals surface area contributed by atoms with Gasteiger partial charge in [0.2, 0.25) is 10.0 Å². The quantitative estimate of drug-likeness (QED) is 0.548. The maximum absolute atomic E-state index is 11.7. The monoisotopic (exact) mass is 255 g/mol. The van der Waals surface area contributed by atoms with E-state index in [0.717, 1.165) is 5.56 Å². The third-order valence-electron chi connectivity index (χ3n) is 2.28. The van der Waals surface area contributed by atoms with Gasteiger partial charge in [-0.1, -0.05) is 19.1 Å². The van der Waals surface area contributed by atoms with Crippen LogP contribution in [0.3, 0.4) is 0 Å². The lowest BCUT2D eigenvalue weighted by Gasteiger charge is -2.13. The Morgan fingerprint density at radius 1 is 1.47 bits per heavy atom.